The highest BCUT2D eigenvalue weighted by Gasteiger charge is 2.37. The summed E-state index contributed by atoms with van der Waals surface area (Å²) in [6.07, 6.45) is 0. The topological polar surface area (TPSA) is 38.7 Å². The van der Waals surface area contributed by atoms with Crippen LogP contribution in [0.25, 0.3) is 78.3 Å². The lowest BCUT2D eigenvalue weighted by atomic mass is 9.81. The van der Waals surface area contributed by atoms with Crippen molar-refractivity contribution in [1.29, 1.82) is 0 Å². The van der Waals surface area contributed by atoms with E-state index in [1.54, 1.807) is 0 Å². The molecule has 0 saturated heterocycles. The Morgan fingerprint density at radius 3 is 1.45 bits per heavy atom. The zero-order valence-electron chi connectivity index (χ0n) is 27.4. The van der Waals surface area contributed by atoms with Crippen molar-refractivity contribution in [2.24, 2.45) is 0 Å². The highest BCUT2D eigenvalue weighted by atomic mass is 15.0. The van der Waals surface area contributed by atoms with Crippen LogP contribution < -0.4 is 0 Å². The Labute approximate surface area is 286 Å². The number of nitrogens with zero attached hydrogens (tertiary/aromatic N) is 3. The van der Waals surface area contributed by atoms with Crippen LogP contribution in [-0.2, 0) is 5.41 Å². The normalized spacial score (nSPS) is 12.9. The molecule has 0 saturated carbocycles. The van der Waals surface area contributed by atoms with Gasteiger partial charge in [0.05, 0.1) is 0 Å². The lowest BCUT2D eigenvalue weighted by molar-refractivity contribution is 0.661. The Hall–Kier alpha value is -6.19. The van der Waals surface area contributed by atoms with Gasteiger partial charge < -0.3 is 0 Å². The van der Waals surface area contributed by atoms with E-state index in [4.69, 9.17) is 15.0 Å². The predicted octanol–water partition coefficient (Wildman–Crippen LogP) is 11.7. The molecule has 3 nitrogen and oxygen atoms in total. The second kappa shape index (κ2) is 11.5. The van der Waals surface area contributed by atoms with Crippen molar-refractivity contribution in [2.75, 3.05) is 0 Å². The van der Waals surface area contributed by atoms with E-state index in [9.17, 15) is 0 Å². The fourth-order valence-electron chi connectivity index (χ4n) is 7.36. The van der Waals surface area contributed by atoms with Gasteiger partial charge in [-0.2, -0.15) is 0 Å². The van der Waals surface area contributed by atoms with Crippen molar-refractivity contribution in [3.05, 3.63) is 175 Å². The molecule has 7 aromatic carbocycles. The second-order valence-corrected chi connectivity index (χ2v) is 13.3. The second-order valence-electron chi connectivity index (χ2n) is 13.3. The molecule has 49 heavy (non-hydrogen) atoms. The van der Waals surface area contributed by atoms with Crippen molar-refractivity contribution in [3.8, 4) is 67.5 Å². The average molecular weight is 628 g/mol. The number of fused-ring (bicyclic) bond motifs is 4. The van der Waals surface area contributed by atoms with Crippen molar-refractivity contribution < 1.29 is 0 Å². The monoisotopic (exact) mass is 627 g/mol. The molecule has 232 valence electrons. The van der Waals surface area contributed by atoms with E-state index in [-0.39, 0.29) is 5.41 Å². The Kier molecular flexibility index (Phi) is 6.80. The van der Waals surface area contributed by atoms with Crippen LogP contribution in [0.15, 0.2) is 164 Å². The molecule has 1 aliphatic carbocycles. The summed E-state index contributed by atoms with van der Waals surface area (Å²) in [6, 6.07) is 57.9. The maximum Gasteiger partial charge on any atom is 0.164 e. The van der Waals surface area contributed by atoms with Crippen LogP contribution in [0.4, 0.5) is 0 Å². The van der Waals surface area contributed by atoms with E-state index >= 15 is 0 Å². The standard InChI is InChI=1S/C46H33N3/c1-46(2)40-25-13-24-38(42(40)39-28-34-18-9-10-19-35(34)29-41(39)46)36-22-11-20-32(26-36)33-21-12-23-37(27-33)45-48-43(30-14-5-3-6-15-30)47-44(49-45)31-16-7-4-8-17-31/h3-29H,1-2H3. The fourth-order valence-corrected chi connectivity index (χ4v) is 7.36. The molecule has 0 atom stereocenters. The predicted molar refractivity (Wildman–Crippen MR) is 202 cm³/mol. The summed E-state index contributed by atoms with van der Waals surface area (Å²) < 4.78 is 0. The van der Waals surface area contributed by atoms with Gasteiger partial charge in [0.15, 0.2) is 17.5 Å². The molecule has 0 spiro atoms. The number of aromatic nitrogens is 3. The molecule has 1 aromatic heterocycles. The van der Waals surface area contributed by atoms with Gasteiger partial charge in [0, 0.05) is 22.1 Å². The maximum absolute atomic E-state index is 4.97. The smallest absolute Gasteiger partial charge is 0.164 e. The number of benzene rings is 7. The molecular weight excluding hydrogens is 595 g/mol. The molecule has 0 bridgehead atoms. The van der Waals surface area contributed by atoms with Gasteiger partial charge in [-0.1, -0.05) is 153 Å². The SMILES string of the molecule is CC1(C)c2cc3ccccc3cc2-c2c(-c3cccc(-c4cccc(-c5nc(-c6ccccc6)nc(-c6ccccc6)n5)c4)c3)cccc21. The van der Waals surface area contributed by atoms with Crippen LogP contribution in [0.3, 0.4) is 0 Å². The highest BCUT2D eigenvalue weighted by molar-refractivity contribution is 5.99. The van der Waals surface area contributed by atoms with E-state index < -0.39 is 0 Å². The molecule has 0 fully saturated rings. The molecule has 0 N–H and O–H groups in total. The number of hydrogen-bond acceptors (Lipinski definition) is 3. The first-order valence-corrected chi connectivity index (χ1v) is 16.8. The third-order valence-corrected chi connectivity index (χ3v) is 9.89. The van der Waals surface area contributed by atoms with E-state index in [2.05, 4.69) is 117 Å². The van der Waals surface area contributed by atoms with Gasteiger partial charge in [-0.3, -0.25) is 0 Å². The van der Waals surface area contributed by atoms with Crippen molar-refractivity contribution in [3.63, 3.8) is 0 Å². The quantitative estimate of drug-likeness (QED) is 0.191. The van der Waals surface area contributed by atoms with Crippen molar-refractivity contribution in [1.82, 2.24) is 15.0 Å². The Balaban J connectivity index is 1.15. The summed E-state index contributed by atoms with van der Waals surface area (Å²) in [5, 5.41) is 2.56. The minimum absolute atomic E-state index is 0.0849. The number of hydrogen-bond donors (Lipinski definition) is 0. The average Bonchev–Trinajstić information content (AvgIpc) is 3.39. The summed E-state index contributed by atoms with van der Waals surface area (Å²) in [5.74, 6) is 1.97. The van der Waals surface area contributed by atoms with Crippen LogP contribution in [0, 0.1) is 0 Å². The molecule has 1 aliphatic rings. The zero-order chi connectivity index (χ0) is 33.0. The van der Waals surface area contributed by atoms with E-state index in [1.807, 2.05) is 60.7 Å². The Morgan fingerprint density at radius 2 is 0.816 bits per heavy atom. The van der Waals surface area contributed by atoms with Crippen LogP contribution in [0.5, 0.6) is 0 Å². The van der Waals surface area contributed by atoms with Crippen LogP contribution in [0.1, 0.15) is 25.0 Å². The van der Waals surface area contributed by atoms with Gasteiger partial charge >= 0.3 is 0 Å². The van der Waals surface area contributed by atoms with Crippen LogP contribution >= 0.6 is 0 Å². The molecular formula is C46H33N3. The van der Waals surface area contributed by atoms with E-state index in [0.29, 0.717) is 17.5 Å². The first kappa shape index (κ1) is 29.0. The van der Waals surface area contributed by atoms with E-state index in [0.717, 1.165) is 27.8 Å². The van der Waals surface area contributed by atoms with Gasteiger partial charge in [0.2, 0.25) is 0 Å². The lowest BCUT2D eigenvalue weighted by Gasteiger charge is -2.22. The van der Waals surface area contributed by atoms with E-state index in [1.165, 1.54) is 44.2 Å². The summed E-state index contributed by atoms with van der Waals surface area (Å²) in [4.78, 5) is 14.8. The summed E-state index contributed by atoms with van der Waals surface area (Å²) in [7, 11) is 0. The Morgan fingerprint density at radius 1 is 0.347 bits per heavy atom. The maximum atomic E-state index is 4.97. The zero-order valence-corrected chi connectivity index (χ0v) is 27.4. The molecule has 8 aromatic rings. The minimum Gasteiger partial charge on any atom is -0.208 e. The van der Waals surface area contributed by atoms with Gasteiger partial charge in [0.1, 0.15) is 0 Å². The van der Waals surface area contributed by atoms with Crippen molar-refractivity contribution >= 4 is 10.8 Å². The Bertz CT molecular complexity index is 2460. The molecule has 1 heterocycles. The van der Waals surface area contributed by atoms with Crippen molar-refractivity contribution in [2.45, 2.75) is 19.3 Å². The van der Waals surface area contributed by atoms with Crippen LogP contribution in [-0.4, -0.2) is 15.0 Å². The first-order chi connectivity index (χ1) is 24.0. The largest absolute Gasteiger partial charge is 0.208 e. The highest BCUT2D eigenvalue weighted by Crippen LogP contribution is 2.53. The molecule has 9 rings (SSSR count). The third-order valence-electron chi connectivity index (χ3n) is 9.89. The number of rotatable bonds is 5. The third kappa shape index (κ3) is 5.03. The summed E-state index contributed by atoms with van der Waals surface area (Å²) >= 11 is 0. The molecule has 3 heteroatoms. The fraction of sp³-hybridized carbons (Fsp3) is 0.0652. The summed E-state index contributed by atoms with van der Waals surface area (Å²) in [6.45, 7) is 4.71. The summed E-state index contributed by atoms with van der Waals surface area (Å²) in [5.41, 5.74) is 12.9. The van der Waals surface area contributed by atoms with Gasteiger partial charge in [-0.15, -0.1) is 0 Å². The molecule has 0 aliphatic heterocycles. The molecule has 0 unspecified atom stereocenters. The van der Waals surface area contributed by atoms with Crippen LogP contribution in [0.2, 0.25) is 0 Å². The minimum atomic E-state index is -0.0849. The molecule has 0 radical (unpaired) electrons. The van der Waals surface area contributed by atoms with Gasteiger partial charge in [0.25, 0.3) is 0 Å². The first-order valence-electron chi connectivity index (χ1n) is 16.8. The van der Waals surface area contributed by atoms with Gasteiger partial charge in [-0.05, 0) is 79.5 Å². The lowest BCUT2D eigenvalue weighted by Crippen LogP contribution is -2.14. The van der Waals surface area contributed by atoms with Gasteiger partial charge in [-0.25, -0.2) is 15.0 Å². The molecule has 0 amide bonds.